The van der Waals surface area contributed by atoms with Gasteiger partial charge in [0.15, 0.2) is 11.5 Å². The molecular formula is C18H16N2O4S. The maximum atomic E-state index is 13.2. The number of thiophene rings is 1. The molecule has 128 valence electrons. The minimum Gasteiger partial charge on any atom is -0.493 e. The lowest BCUT2D eigenvalue weighted by Gasteiger charge is -2.30. The van der Waals surface area contributed by atoms with Gasteiger partial charge in [0.2, 0.25) is 0 Å². The number of hydrogen-bond donors (Lipinski definition) is 1. The van der Waals surface area contributed by atoms with E-state index in [1.807, 2.05) is 6.07 Å². The molecule has 0 saturated heterocycles. The van der Waals surface area contributed by atoms with Crippen LogP contribution in [0.2, 0.25) is 0 Å². The van der Waals surface area contributed by atoms with Gasteiger partial charge in [-0.1, -0.05) is 6.07 Å². The summed E-state index contributed by atoms with van der Waals surface area (Å²) < 4.78 is 10.8. The monoisotopic (exact) mass is 356 g/mol. The minimum atomic E-state index is -0.485. The zero-order valence-corrected chi connectivity index (χ0v) is 14.7. The molecule has 6 nitrogen and oxygen atoms in total. The van der Waals surface area contributed by atoms with E-state index >= 15 is 0 Å². The van der Waals surface area contributed by atoms with E-state index in [2.05, 4.69) is 5.32 Å². The SMILES string of the molecule is COc1ccc2c(c1OC)C(=O)N1c3sc4c(c3C(=O)N[C@@H]21)CCC4. The molecule has 1 N–H and O–H groups in total. The fourth-order valence-electron chi connectivity index (χ4n) is 4.11. The fourth-order valence-corrected chi connectivity index (χ4v) is 5.52. The number of hydrogen-bond acceptors (Lipinski definition) is 5. The van der Waals surface area contributed by atoms with Gasteiger partial charge in [0, 0.05) is 10.4 Å². The molecular weight excluding hydrogens is 340 g/mol. The van der Waals surface area contributed by atoms with Crippen LogP contribution in [0.5, 0.6) is 11.5 Å². The lowest BCUT2D eigenvalue weighted by molar-refractivity contribution is 0.0912. The van der Waals surface area contributed by atoms with Crippen molar-refractivity contribution in [2.75, 3.05) is 19.1 Å². The molecule has 2 aliphatic heterocycles. The largest absolute Gasteiger partial charge is 0.493 e. The van der Waals surface area contributed by atoms with Crippen molar-refractivity contribution in [1.82, 2.24) is 5.32 Å². The van der Waals surface area contributed by atoms with E-state index in [9.17, 15) is 9.59 Å². The van der Waals surface area contributed by atoms with E-state index in [1.54, 1.807) is 29.4 Å². The second kappa shape index (κ2) is 4.98. The highest BCUT2D eigenvalue weighted by Gasteiger charge is 2.48. The van der Waals surface area contributed by atoms with Gasteiger partial charge >= 0.3 is 0 Å². The van der Waals surface area contributed by atoms with Crippen LogP contribution in [-0.2, 0) is 12.8 Å². The Bertz CT molecular complexity index is 949. The van der Waals surface area contributed by atoms with Crippen molar-refractivity contribution in [1.29, 1.82) is 0 Å². The first kappa shape index (κ1) is 14.8. The summed E-state index contributed by atoms with van der Waals surface area (Å²) in [5, 5.41) is 3.77. The van der Waals surface area contributed by atoms with Crippen molar-refractivity contribution in [3.05, 3.63) is 39.3 Å². The molecule has 5 rings (SSSR count). The third kappa shape index (κ3) is 1.73. The lowest BCUT2D eigenvalue weighted by Crippen LogP contribution is -2.44. The normalized spacial score (nSPS) is 19.9. The highest BCUT2D eigenvalue weighted by atomic mass is 32.1. The van der Waals surface area contributed by atoms with Gasteiger partial charge in [0.25, 0.3) is 11.8 Å². The molecule has 2 aromatic rings. The molecule has 0 unspecified atom stereocenters. The van der Waals surface area contributed by atoms with E-state index in [0.717, 1.165) is 35.4 Å². The number of rotatable bonds is 2. The second-order valence-corrected chi connectivity index (χ2v) is 7.44. The third-order valence-electron chi connectivity index (χ3n) is 5.18. The smallest absolute Gasteiger partial charge is 0.265 e. The number of nitrogens with one attached hydrogen (secondary N) is 1. The number of fused-ring (bicyclic) bond motifs is 7. The van der Waals surface area contributed by atoms with Gasteiger partial charge < -0.3 is 14.8 Å². The molecule has 0 saturated carbocycles. The summed E-state index contributed by atoms with van der Waals surface area (Å²) >= 11 is 1.57. The van der Waals surface area contributed by atoms with Crippen LogP contribution in [0.1, 0.15) is 49.3 Å². The van der Waals surface area contributed by atoms with Gasteiger partial charge in [-0.05, 0) is 30.9 Å². The van der Waals surface area contributed by atoms with Crippen LogP contribution in [0.4, 0.5) is 5.00 Å². The van der Waals surface area contributed by atoms with Crippen LogP contribution in [0.15, 0.2) is 12.1 Å². The summed E-state index contributed by atoms with van der Waals surface area (Å²) in [6.45, 7) is 0. The number of carbonyl (C=O) groups is 2. The summed E-state index contributed by atoms with van der Waals surface area (Å²) in [6, 6.07) is 3.59. The highest BCUT2D eigenvalue weighted by Crippen LogP contribution is 2.51. The van der Waals surface area contributed by atoms with E-state index in [0.29, 0.717) is 22.6 Å². The standard InChI is InChI=1S/C18H16N2O4S/c1-23-10-7-6-9-12(14(10)24-2)17(22)20-15(9)19-16(21)13-8-4-3-5-11(8)25-18(13)20/h6-7,15H,3-5H2,1-2H3,(H,19,21)/t15-/m1/s1. The van der Waals surface area contributed by atoms with Gasteiger partial charge in [-0.25, -0.2) is 0 Å². The van der Waals surface area contributed by atoms with Crippen molar-refractivity contribution >= 4 is 28.2 Å². The van der Waals surface area contributed by atoms with Gasteiger partial charge in [-0.15, -0.1) is 11.3 Å². The number of ether oxygens (including phenoxy) is 2. The molecule has 0 radical (unpaired) electrons. The van der Waals surface area contributed by atoms with E-state index < -0.39 is 6.17 Å². The predicted octanol–water partition coefficient (Wildman–Crippen LogP) is 2.66. The molecule has 0 bridgehead atoms. The summed E-state index contributed by atoms with van der Waals surface area (Å²) in [4.78, 5) is 28.9. The zero-order chi connectivity index (χ0) is 17.3. The van der Waals surface area contributed by atoms with Crippen LogP contribution < -0.4 is 19.7 Å². The number of carbonyl (C=O) groups excluding carboxylic acids is 2. The summed E-state index contributed by atoms with van der Waals surface area (Å²) in [7, 11) is 3.06. The number of aryl methyl sites for hydroxylation is 1. The topological polar surface area (TPSA) is 67.9 Å². The Balaban J connectivity index is 1.72. The third-order valence-corrected chi connectivity index (χ3v) is 6.47. The summed E-state index contributed by atoms with van der Waals surface area (Å²) in [6.07, 6.45) is 2.48. The molecule has 0 fully saturated rings. The quantitative estimate of drug-likeness (QED) is 0.898. The van der Waals surface area contributed by atoms with Crippen molar-refractivity contribution < 1.29 is 19.1 Å². The molecule has 1 aromatic carbocycles. The summed E-state index contributed by atoms with van der Waals surface area (Å²) in [5.74, 6) is 0.678. The number of amides is 2. The summed E-state index contributed by atoms with van der Waals surface area (Å²) in [5.41, 5.74) is 3.01. The van der Waals surface area contributed by atoms with Crippen LogP contribution >= 0.6 is 11.3 Å². The van der Waals surface area contributed by atoms with Crippen LogP contribution in [0.25, 0.3) is 0 Å². The second-order valence-electron chi connectivity index (χ2n) is 6.35. The highest BCUT2D eigenvalue weighted by molar-refractivity contribution is 7.17. The minimum absolute atomic E-state index is 0.0916. The molecule has 0 spiro atoms. The molecule has 3 heterocycles. The average molecular weight is 356 g/mol. The number of benzene rings is 1. The number of nitrogens with zero attached hydrogens (tertiary/aromatic N) is 1. The Morgan fingerprint density at radius 1 is 1.16 bits per heavy atom. The van der Waals surface area contributed by atoms with Crippen molar-refractivity contribution in [3.63, 3.8) is 0 Å². The first-order valence-corrected chi connectivity index (χ1v) is 9.01. The first-order chi connectivity index (χ1) is 12.2. The zero-order valence-electron chi connectivity index (χ0n) is 13.8. The first-order valence-electron chi connectivity index (χ1n) is 8.19. The van der Waals surface area contributed by atoms with Gasteiger partial charge in [0.1, 0.15) is 11.2 Å². The molecule has 25 heavy (non-hydrogen) atoms. The predicted molar refractivity (Wildman–Crippen MR) is 92.9 cm³/mol. The lowest BCUT2D eigenvalue weighted by atomic mass is 10.0. The molecule has 1 aliphatic carbocycles. The van der Waals surface area contributed by atoms with Crippen LogP contribution in [0, 0.1) is 0 Å². The van der Waals surface area contributed by atoms with Gasteiger partial charge in [0.05, 0.1) is 25.3 Å². The van der Waals surface area contributed by atoms with E-state index in [4.69, 9.17) is 9.47 Å². The van der Waals surface area contributed by atoms with E-state index in [-0.39, 0.29) is 11.8 Å². The van der Waals surface area contributed by atoms with Crippen molar-refractivity contribution in [3.8, 4) is 11.5 Å². The van der Waals surface area contributed by atoms with Gasteiger partial charge in [-0.2, -0.15) is 0 Å². The maximum Gasteiger partial charge on any atom is 0.265 e. The van der Waals surface area contributed by atoms with Gasteiger partial charge in [-0.3, -0.25) is 14.5 Å². The molecule has 1 aromatic heterocycles. The average Bonchev–Trinajstić information content (AvgIpc) is 3.26. The fraction of sp³-hybridized carbons (Fsp3) is 0.333. The Morgan fingerprint density at radius 3 is 2.76 bits per heavy atom. The molecule has 2 amide bonds. The number of methoxy groups -OCH3 is 2. The number of anilines is 1. The van der Waals surface area contributed by atoms with E-state index in [1.165, 1.54) is 12.0 Å². The maximum absolute atomic E-state index is 13.2. The Hall–Kier alpha value is -2.54. The van der Waals surface area contributed by atoms with Crippen LogP contribution in [-0.4, -0.2) is 26.0 Å². The molecule has 3 aliphatic rings. The molecule has 1 atom stereocenters. The Kier molecular flexibility index (Phi) is 2.94. The Morgan fingerprint density at radius 2 is 2.00 bits per heavy atom. The van der Waals surface area contributed by atoms with Crippen molar-refractivity contribution in [2.45, 2.75) is 25.4 Å². The molecule has 7 heteroatoms. The van der Waals surface area contributed by atoms with Crippen LogP contribution in [0.3, 0.4) is 0 Å². The Labute approximate surface area is 148 Å². The van der Waals surface area contributed by atoms with Crippen molar-refractivity contribution in [2.24, 2.45) is 0 Å².